The van der Waals surface area contributed by atoms with Crippen molar-refractivity contribution in [3.8, 4) is 11.5 Å². The van der Waals surface area contributed by atoms with E-state index in [0.717, 1.165) is 6.08 Å². The van der Waals surface area contributed by atoms with Gasteiger partial charge in [0.2, 0.25) is 0 Å². The first-order valence-corrected chi connectivity index (χ1v) is 10.7. The topological polar surface area (TPSA) is 131 Å². The SMILES string of the molecule is CCO[C@@H](CC/C=C/C(=O)O)[C@@H](OC(=O)Nc1ccc(C(C)=O)cc1)c1ccc(OC)c(O)c1. The summed E-state index contributed by atoms with van der Waals surface area (Å²) in [6.07, 6.45) is 0.960. The first kappa shape index (κ1) is 26.4. The van der Waals surface area contributed by atoms with Crippen LogP contribution < -0.4 is 10.1 Å². The Bertz CT molecular complexity index is 1020. The van der Waals surface area contributed by atoms with Gasteiger partial charge < -0.3 is 24.4 Å². The number of hydrogen-bond donors (Lipinski definition) is 3. The first-order chi connectivity index (χ1) is 16.2. The average molecular weight is 472 g/mol. The third kappa shape index (κ3) is 7.93. The second-order valence-corrected chi connectivity index (χ2v) is 7.33. The maximum atomic E-state index is 12.7. The Morgan fingerprint density at radius 2 is 1.82 bits per heavy atom. The van der Waals surface area contributed by atoms with Gasteiger partial charge in [-0.3, -0.25) is 10.1 Å². The summed E-state index contributed by atoms with van der Waals surface area (Å²) in [5, 5.41) is 21.7. The number of hydrogen-bond acceptors (Lipinski definition) is 7. The summed E-state index contributed by atoms with van der Waals surface area (Å²) < 4.78 is 16.6. The number of allylic oxidation sites excluding steroid dienone is 1. The largest absolute Gasteiger partial charge is 0.504 e. The van der Waals surface area contributed by atoms with Crippen LogP contribution in [0.25, 0.3) is 0 Å². The molecule has 2 atom stereocenters. The van der Waals surface area contributed by atoms with E-state index in [2.05, 4.69) is 5.32 Å². The molecular weight excluding hydrogens is 442 g/mol. The molecule has 9 heteroatoms. The number of carbonyl (C=O) groups is 3. The van der Waals surface area contributed by atoms with Gasteiger partial charge in [0, 0.05) is 23.9 Å². The summed E-state index contributed by atoms with van der Waals surface area (Å²) >= 11 is 0. The van der Waals surface area contributed by atoms with Gasteiger partial charge in [-0.1, -0.05) is 12.1 Å². The van der Waals surface area contributed by atoms with E-state index >= 15 is 0 Å². The third-order valence-corrected chi connectivity index (χ3v) is 4.90. The molecule has 0 spiro atoms. The molecule has 34 heavy (non-hydrogen) atoms. The molecule has 0 saturated heterocycles. The normalized spacial score (nSPS) is 12.7. The lowest BCUT2D eigenvalue weighted by Crippen LogP contribution is -2.29. The van der Waals surface area contributed by atoms with E-state index in [1.54, 1.807) is 43.3 Å². The van der Waals surface area contributed by atoms with Gasteiger partial charge in [0.15, 0.2) is 23.4 Å². The Morgan fingerprint density at radius 3 is 2.38 bits per heavy atom. The molecule has 9 nitrogen and oxygen atoms in total. The zero-order valence-corrected chi connectivity index (χ0v) is 19.3. The molecule has 0 unspecified atom stereocenters. The first-order valence-electron chi connectivity index (χ1n) is 10.7. The van der Waals surface area contributed by atoms with E-state index in [1.165, 1.54) is 26.2 Å². The number of rotatable bonds is 12. The van der Waals surface area contributed by atoms with Crippen molar-refractivity contribution < 1.29 is 38.8 Å². The van der Waals surface area contributed by atoms with Gasteiger partial charge in [0.1, 0.15) is 0 Å². The van der Waals surface area contributed by atoms with Gasteiger partial charge >= 0.3 is 12.1 Å². The number of carboxylic acid groups (broad SMARTS) is 1. The van der Waals surface area contributed by atoms with Crippen molar-refractivity contribution >= 4 is 23.5 Å². The summed E-state index contributed by atoms with van der Waals surface area (Å²) in [6, 6.07) is 11.0. The van der Waals surface area contributed by atoms with E-state index in [1.807, 2.05) is 0 Å². The average Bonchev–Trinajstić information content (AvgIpc) is 2.79. The number of ketones is 1. The maximum absolute atomic E-state index is 12.7. The van der Waals surface area contributed by atoms with Gasteiger partial charge in [0.25, 0.3) is 0 Å². The van der Waals surface area contributed by atoms with E-state index in [9.17, 15) is 19.5 Å². The highest BCUT2D eigenvalue weighted by Gasteiger charge is 2.28. The highest BCUT2D eigenvalue weighted by molar-refractivity contribution is 5.95. The van der Waals surface area contributed by atoms with E-state index in [0.29, 0.717) is 36.3 Å². The fraction of sp³-hybridized carbons (Fsp3) is 0.320. The van der Waals surface area contributed by atoms with Crippen molar-refractivity contribution in [2.24, 2.45) is 0 Å². The van der Waals surface area contributed by atoms with Gasteiger partial charge in [-0.15, -0.1) is 0 Å². The molecule has 0 aromatic heterocycles. The number of ether oxygens (including phenoxy) is 3. The van der Waals surface area contributed by atoms with Crippen molar-refractivity contribution in [3.63, 3.8) is 0 Å². The minimum absolute atomic E-state index is 0.0926. The molecule has 1 amide bonds. The molecule has 0 saturated carbocycles. The zero-order valence-electron chi connectivity index (χ0n) is 19.3. The summed E-state index contributed by atoms with van der Waals surface area (Å²) in [6.45, 7) is 3.56. The molecule has 0 aliphatic carbocycles. The van der Waals surface area contributed by atoms with Crippen LogP contribution in [0.5, 0.6) is 11.5 Å². The predicted octanol–water partition coefficient (Wildman–Crippen LogP) is 4.72. The van der Waals surface area contributed by atoms with Gasteiger partial charge in [-0.2, -0.15) is 0 Å². The fourth-order valence-corrected chi connectivity index (χ4v) is 3.27. The molecule has 0 bridgehead atoms. The van der Waals surface area contributed by atoms with Crippen LogP contribution in [-0.2, 0) is 14.3 Å². The van der Waals surface area contributed by atoms with Crippen LogP contribution in [0.4, 0.5) is 10.5 Å². The number of carbonyl (C=O) groups excluding carboxylic acids is 2. The predicted molar refractivity (Wildman–Crippen MR) is 125 cm³/mol. The minimum atomic E-state index is -1.06. The Balaban J connectivity index is 2.26. The standard InChI is InChI=1S/C25H29NO8/c1-4-33-22(7-5-6-8-23(29)30)24(18-11-14-21(32-3)20(28)15-18)34-25(31)26-19-12-9-17(10-13-19)16(2)27/h6,8-15,22,24,28H,4-5,7H2,1-3H3,(H,26,31)(H,29,30)/b8-6+/t22-,24-/m0/s1. The van der Waals surface area contributed by atoms with Crippen molar-refractivity contribution in [3.05, 3.63) is 65.7 Å². The molecule has 2 rings (SSSR count). The van der Waals surface area contributed by atoms with Crippen LogP contribution in [0.1, 0.15) is 48.7 Å². The molecule has 182 valence electrons. The molecule has 2 aromatic rings. The van der Waals surface area contributed by atoms with Gasteiger partial charge in [-0.25, -0.2) is 9.59 Å². The quantitative estimate of drug-likeness (QED) is 0.299. The number of aliphatic carboxylic acids is 1. The molecule has 2 aromatic carbocycles. The lowest BCUT2D eigenvalue weighted by molar-refractivity contribution is -0.131. The molecule has 0 heterocycles. The summed E-state index contributed by atoms with van der Waals surface area (Å²) in [4.78, 5) is 34.9. The minimum Gasteiger partial charge on any atom is -0.504 e. The number of amides is 1. The molecule has 3 N–H and O–H groups in total. The number of phenols is 1. The van der Waals surface area contributed by atoms with Gasteiger partial charge in [-0.05, 0) is 68.7 Å². The number of Topliss-reactive ketones (excluding diaryl/α,β-unsaturated/α-hetero) is 1. The lowest BCUT2D eigenvalue weighted by Gasteiger charge is -2.27. The Kier molecular flexibility index (Phi) is 10.1. The monoisotopic (exact) mass is 471 g/mol. The van der Waals surface area contributed by atoms with Crippen LogP contribution in [-0.4, -0.2) is 47.9 Å². The Labute approximate surface area is 198 Å². The number of phenolic OH excluding ortho intramolecular Hbond substituents is 1. The number of anilines is 1. The molecule has 0 aliphatic rings. The molecular formula is C25H29NO8. The molecule has 0 aliphatic heterocycles. The highest BCUT2D eigenvalue weighted by Crippen LogP contribution is 2.34. The lowest BCUT2D eigenvalue weighted by atomic mass is 9.99. The summed E-state index contributed by atoms with van der Waals surface area (Å²) in [7, 11) is 1.42. The second kappa shape index (κ2) is 13.0. The Morgan fingerprint density at radius 1 is 1.12 bits per heavy atom. The van der Waals surface area contributed by atoms with Crippen LogP contribution in [0.15, 0.2) is 54.6 Å². The molecule has 0 radical (unpaired) electrons. The summed E-state index contributed by atoms with van der Waals surface area (Å²) in [5.74, 6) is -1.02. The number of carboxylic acids is 1. The van der Waals surface area contributed by atoms with Crippen molar-refractivity contribution in [2.45, 2.75) is 38.9 Å². The van der Waals surface area contributed by atoms with Crippen molar-refractivity contribution in [1.82, 2.24) is 0 Å². The van der Waals surface area contributed by atoms with E-state index in [4.69, 9.17) is 19.3 Å². The van der Waals surface area contributed by atoms with Crippen molar-refractivity contribution in [2.75, 3.05) is 19.0 Å². The van der Waals surface area contributed by atoms with Crippen LogP contribution >= 0.6 is 0 Å². The second-order valence-electron chi connectivity index (χ2n) is 7.33. The van der Waals surface area contributed by atoms with Crippen LogP contribution in [0.2, 0.25) is 0 Å². The maximum Gasteiger partial charge on any atom is 0.412 e. The highest BCUT2D eigenvalue weighted by atomic mass is 16.6. The van der Waals surface area contributed by atoms with E-state index < -0.39 is 24.3 Å². The number of methoxy groups -OCH3 is 1. The third-order valence-electron chi connectivity index (χ3n) is 4.90. The summed E-state index contributed by atoms with van der Waals surface area (Å²) in [5.41, 5.74) is 1.42. The van der Waals surface area contributed by atoms with Crippen molar-refractivity contribution in [1.29, 1.82) is 0 Å². The number of aromatic hydroxyl groups is 1. The number of benzene rings is 2. The fourth-order valence-electron chi connectivity index (χ4n) is 3.27. The van der Waals surface area contributed by atoms with Gasteiger partial charge in [0.05, 0.1) is 13.2 Å². The smallest absolute Gasteiger partial charge is 0.412 e. The van der Waals surface area contributed by atoms with Crippen LogP contribution in [0, 0.1) is 0 Å². The molecule has 0 fully saturated rings. The Hall–Kier alpha value is -3.85. The van der Waals surface area contributed by atoms with E-state index in [-0.39, 0.29) is 17.3 Å². The van der Waals surface area contributed by atoms with Crippen LogP contribution in [0.3, 0.4) is 0 Å². The zero-order chi connectivity index (χ0) is 25.1. The number of nitrogens with one attached hydrogen (secondary N) is 1.